The Morgan fingerprint density at radius 1 is 1.55 bits per heavy atom. The summed E-state index contributed by atoms with van der Waals surface area (Å²) < 4.78 is 5.74. The number of aromatic nitrogens is 1. The maximum atomic E-state index is 5.92. The fraction of sp³-hybridized carbons (Fsp3) is 0.600. The van der Waals surface area contributed by atoms with E-state index in [1.807, 2.05) is 0 Å². The Morgan fingerprint density at radius 3 is 3.15 bits per heavy atom. The first-order valence-electron chi connectivity index (χ1n) is 7.38. The van der Waals surface area contributed by atoms with Crippen molar-refractivity contribution in [2.45, 2.75) is 38.7 Å². The van der Waals surface area contributed by atoms with Crippen LogP contribution in [0.25, 0.3) is 0 Å². The van der Waals surface area contributed by atoms with Gasteiger partial charge in [-0.1, -0.05) is 19.1 Å². The van der Waals surface area contributed by atoms with Crippen LogP contribution in [0.15, 0.2) is 6.07 Å². The summed E-state index contributed by atoms with van der Waals surface area (Å²) in [5.74, 6) is 0.958. The maximum absolute atomic E-state index is 5.92. The van der Waals surface area contributed by atoms with Crippen LogP contribution >= 0.6 is 12.2 Å². The molecule has 1 aromatic heterocycles. The van der Waals surface area contributed by atoms with Crippen molar-refractivity contribution >= 4 is 23.0 Å². The van der Waals surface area contributed by atoms with E-state index < -0.39 is 0 Å². The lowest BCUT2D eigenvalue weighted by Gasteiger charge is -2.34. The topological polar surface area (TPSA) is 51.4 Å². The molecule has 20 heavy (non-hydrogen) atoms. The molecule has 0 bridgehead atoms. The van der Waals surface area contributed by atoms with Crippen LogP contribution in [-0.2, 0) is 17.6 Å². The van der Waals surface area contributed by atoms with Gasteiger partial charge < -0.3 is 15.4 Å². The second-order valence-corrected chi connectivity index (χ2v) is 5.97. The Hall–Kier alpha value is -1.20. The van der Waals surface area contributed by atoms with Gasteiger partial charge in [-0.2, -0.15) is 0 Å². The van der Waals surface area contributed by atoms with Crippen molar-refractivity contribution in [3.63, 3.8) is 0 Å². The average molecular weight is 291 g/mol. The zero-order valence-electron chi connectivity index (χ0n) is 11.9. The van der Waals surface area contributed by atoms with Crippen LogP contribution < -0.4 is 10.6 Å². The molecule has 1 aliphatic heterocycles. The van der Waals surface area contributed by atoms with Crippen molar-refractivity contribution in [2.75, 3.05) is 24.6 Å². The van der Waals surface area contributed by atoms with E-state index in [0.717, 1.165) is 50.3 Å². The molecule has 0 amide bonds. The van der Waals surface area contributed by atoms with Crippen LogP contribution in [0, 0.1) is 0 Å². The third kappa shape index (κ3) is 2.52. The van der Waals surface area contributed by atoms with E-state index in [4.69, 9.17) is 27.7 Å². The van der Waals surface area contributed by atoms with Gasteiger partial charge in [-0.15, -0.1) is 0 Å². The number of hydrogen-bond donors (Lipinski definition) is 1. The number of anilines is 1. The van der Waals surface area contributed by atoms with Crippen molar-refractivity contribution < 1.29 is 4.74 Å². The van der Waals surface area contributed by atoms with E-state index in [9.17, 15) is 0 Å². The van der Waals surface area contributed by atoms with E-state index >= 15 is 0 Å². The van der Waals surface area contributed by atoms with Gasteiger partial charge in [-0.05, 0) is 37.3 Å². The molecule has 1 aliphatic carbocycles. The molecule has 0 aromatic carbocycles. The summed E-state index contributed by atoms with van der Waals surface area (Å²) >= 11 is 5.23. The quantitative estimate of drug-likeness (QED) is 0.861. The van der Waals surface area contributed by atoms with Gasteiger partial charge in [0, 0.05) is 18.8 Å². The summed E-state index contributed by atoms with van der Waals surface area (Å²) in [5, 5.41) is 0. The minimum atomic E-state index is 0.276. The number of nitrogens with two attached hydrogens (primary N) is 1. The standard InChI is InChI=1S/C15H21N3OS/c1-2-11-9-18(6-7-19-11)15-12(14(16)20)8-10-4-3-5-13(10)17-15/h8,11H,2-7,9H2,1H3,(H2,16,20). The zero-order chi connectivity index (χ0) is 14.1. The first-order chi connectivity index (χ1) is 9.69. The predicted molar refractivity (Wildman–Crippen MR) is 84.4 cm³/mol. The Morgan fingerprint density at radius 2 is 2.40 bits per heavy atom. The molecule has 1 atom stereocenters. The fourth-order valence-corrected chi connectivity index (χ4v) is 3.19. The van der Waals surface area contributed by atoms with Gasteiger partial charge in [0.15, 0.2) is 0 Å². The summed E-state index contributed by atoms with van der Waals surface area (Å²) in [6, 6.07) is 2.16. The van der Waals surface area contributed by atoms with Crippen LogP contribution in [0.4, 0.5) is 5.82 Å². The molecule has 0 spiro atoms. The molecule has 108 valence electrons. The third-order valence-electron chi connectivity index (χ3n) is 4.19. The molecule has 5 heteroatoms. The lowest BCUT2D eigenvalue weighted by molar-refractivity contribution is 0.0381. The summed E-state index contributed by atoms with van der Waals surface area (Å²) in [6.45, 7) is 4.63. The smallest absolute Gasteiger partial charge is 0.139 e. The number of hydrogen-bond acceptors (Lipinski definition) is 4. The molecule has 1 unspecified atom stereocenters. The van der Waals surface area contributed by atoms with Crippen molar-refractivity contribution in [2.24, 2.45) is 5.73 Å². The molecule has 2 heterocycles. The van der Waals surface area contributed by atoms with Gasteiger partial charge >= 0.3 is 0 Å². The van der Waals surface area contributed by atoms with Gasteiger partial charge in [0.1, 0.15) is 10.8 Å². The van der Waals surface area contributed by atoms with Gasteiger partial charge in [-0.25, -0.2) is 4.98 Å². The van der Waals surface area contributed by atoms with Gasteiger partial charge in [-0.3, -0.25) is 0 Å². The average Bonchev–Trinajstić information content (AvgIpc) is 2.93. The second-order valence-electron chi connectivity index (χ2n) is 5.53. The first-order valence-corrected chi connectivity index (χ1v) is 7.79. The molecule has 0 radical (unpaired) electrons. The number of ether oxygens (including phenoxy) is 1. The lowest BCUT2D eigenvalue weighted by atomic mass is 10.1. The molecule has 1 fully saturated rings. The summed E-state index contributed by atoms with van der Waals surface area (Å²) in [4.78, 5) is 7.60. The Balaban J connectivity index is 1.97. The van der Waals surface area contributed by atoms with Crippen LogP contribution in [0.5, 0.6) is 0 Å². The van der Waals surface area contributed by atoms with Crippen LogP contribution in [0.1, 0.15) is 36.6 Å². The van der Waals surface area contributed by atoms with Gasteiger partial charge in [0.2, 0.25) is 0 Å². The monoisotopic (exact) mass is 291 g/mol. The Bertz CT molecular complexity index is 532. The number of pyridine rings is 1. The molecule has 2 aliphatic rings. The fourth-order valence-electron chi connectivity index (χ4n) is 3.04. The van der Waals surface area contributed by atoms with Crippen LogP contribution in [0.3, 0.4) is 0 Å². The highest BCUT2D eigenvalue weighted by Crippen LogP contribution is 2.28. The zero-order valence-corrected chi connectivity index (χ0v) is 12.7. The highest BCUT2D eigenvalue weighted by molar-refractivity contribution is 7.80. The van der Waals surface area contributed by atoms with Crippen molar-refractivity contribution in [1.82, 2.24) is 4.98 Å². The molecule has 2 N–H and O–H groups in total. The molecule has 1 saturated heterocycles. The SMILES string of the molecule is CCC1CN(c2nc3c(cc2C(N)=S)CCC3)CCO1. The van der Waals surface area contributed by atoms with Gasteiger partial charge in [0.25, 0.3) is 0 Å². The van der Waals surface area contributed by atoms with Crippen molar-refractivity contribution in [1.29, 1.82) is 0 Å². The minimum Gasteiger partial charge on any atom is -0.389 e. The lowest BCUT2D eigenvalue weighted by Crippen LogP contribution is -2.43. The van der Waals surface area contributed by atoms with Crippen molar-refractivity contribution in [3.8, 4) is 0 Å². The summed E-state index contributed by atoms with van der Waals surface area (Å²) in [7, 11) is 0. The summed E-state index contributed by atoms with van der Waals surface area (Å²) in [6.07, 6.45) is 4.64. The van der Waals surface area contributed by atoms with E-state index in [-0.39, 0.29) is 6.10 Å². The second kappa shape index (κ2) is 5.66. The van der Waals surface area contributed by atoms with Crippen molar-refractivity contribution in [3.05, 3.63) is 22.9 Å². The van der Waals surface area contributed by atoms with Gasteiger partial charge in [0.05, 0.1) is 18.3 Å². The summed E-state index contributed by atoms with van der Waals surface area (Å²) in [5.41, 5.74) is 9.38. The number of fused-ring (bicyclic) bond motifs is 1. The Labute approximate surface area is 125 Å². The van der Waals surface area contributed by atoms with E-state index in [1.165, 1.54) is 17.7 Å². The largest absolute Gasteiger partial charge is 0.389 e. The van der Waals surface area contributed by atoms with Crippen LogP contribution in [0.2, 0.25) is 0 Å². The molecule has 1 aromatic rings. The third-order valence-corrected chi connectivity index (χ3v) is 4.41. The highest BCUT2D eigenvalue weighted by Gasteiger charge is 2.25. The predicted octanol–water partition coefficient (Wildman–Crippen LogP) is 1.82. The van der Waals surface area contributed by atoms with E-state index in [2.05, 4.69) is 17.9 Å². The molecule has 4 nitrogen and oxygen atoms in total. The first kappa shape index (κ1) is 13.8. The molecule has 0 saturated carbocycles. The number of morpholine rings is 1. The number of thiocarbonyl (C=S) groups is 1. The number of aryl methyl sites for hydroxylation is 2. The van der Waals surface area contributed by atoms with E-state index in [0.29, 0.717) is 4.99 Å². The molecular formula is C15H21N3OS. The molecule has 3 rings (SSSR count). The van der Waals surface area contributed by atoms with Crippen LogP contribution in [-0.4, -0.2) is 35.8 Å². The minimum absolute atomic E-state index is 0.276. The number of nitrogens with zero attached hydrogens (tertiary/aromatic N) is 2. The molecular weight excluding hydrogens is 270 g/mol. The number of rotatable bonds is 3. The normalized spacial score (nSPS) is 21.9. The highest BCUT2D eigenvalue weighted by atomic mass is 32.1. The van der Waals surface area contributed by atoms with E-state index in [1.54, 1.807) is 0 Å². The maximum Gasteiger partial charge on any atom is 0.139 e. The Kier molecular flexibility index (Phi) is 3.89.